The van der Waals surface area contributed by atoms with Gasteiger partial charge < -0.3 is 22.8 Å². The Hall–Kier alpha value is -3.42. The molecule has 0 heterocycles. The standard InChI is InChI=1S/C36H43NO8P2/c1-6-42-46(39,43-7-2)36(47(40,44-8-3)45-9-4)32(31-25-24-27-18-16-17-23-30(27)26-31)34(35(38)41-5)37-33(28-19-12-10-13-20-28)29-21-14-11-15-22-29/h10-26,32,34,36H,6-9H2,1-5H3/t32-,34+/m1/s1. The van der Waals surface area contributed by atoms with E-state index in [0.717, 1.165) is 21.9 Å². The molecule has 0 amide bonds. The van der Waals surface area contributed by atoms with E-state index in [4.69, 9.17) is 27.8 Å². The molecule has 0 aliphatic heterocycles. The van der Waals surface area contributed by atoms with Gasteiger partial charge in [-0.1, -0.05) is 103 Å². The Morgan fingerprint density at radius 3 is 1.53 bits per heavy atom. The molecule has 47 heavy (non-hydrogen) atoms. The quantitative estimate of drug-likeness (QED) is 0.0619. The van der Waals surface area contributed by atoms with E-state index in [1.165, 1.54) is 7.11 Å². The predicted octanol–water partition coefficient (Wildman–Crippen LogP) is 8.86. The van der Waals surface area contributed by atoms with Crippen molar-refractivity contribution >= 4 is 37.6 Å². The highest BCUT2D eigenvalue weighted by molar-refractivity contribution is 7.72. The Labute approximate surface area is 277 Å². The van der Waals surface area contributed by atoms with Crippen LogP contribution in [0.15, 0.2) is 108 Å². The van der Waals surface area contributed by atoms with Gasteiger partial charge in [0.15, 0.2) is 11.4 Å². The average Bonchev–Trinajstić information content (AvgIpc) is 3.08. The second-order valence-electron chi connectivity index (χ2n) is 10.5. The molecule has 0 spiro atoms. The molecular weight excluding hydrogens is 636 g/mol. The van der Waals surface area contributed by atoms with Crippen LogP contribution < -0.4 is 0 Å². The minimum Gasteiger partial charge on any atom is -0.467 e. The van der Waals surface area contributed by atoms with Crippen molar-refractivity contribution in [2.24, 2.45) is 4.99 Å². The Kier molecular flexibility index (Phi) is 13.3. The molecule has 250 valence electrons. The van der Waals surface area contributed by atoms with Gasteiger partial charge in [-0.3, -0.25) is 14.1 Å². The van der Waals surface area contributed by atoms with Crippen molar-refractivity contribution < 1.29 is 36.8 Å². The van der Waals surface area contributed by atoms with Gasteiger partial charge in [0.1, 0.15) is 0 Å². The summed E-state index contributed by atoms with van der Waals surface area (Å²) in [4.78, 5) is 19.2. The summed E-state index contributed by atoms with van der Waals surface area (Å²) in [6.07, 6.45) is 0. The average molecular weight is 680 g/mol. The number of hydrogen-bond acceptors (Lipinski definition) is 9. The largest absolute Gasteiger partial charge is 0.467 e. The van der Waals surface area contributed by atoms with Crippen molar-refractivity contribution in [1.29, 1.82) is 0 Å². The first-order valence-corrected chi connectivity index (χ1v) is 19.0. The number of carbonyl (C=O) groups excluding carboxylic acids is 1. The normalized spacial score (nSPS) is 13.3. The molecule has 0 saturated carbocycles. The molecule has 2 atom stereocenters. The lowest BCUT2D eigenvalue weighted by atomic mass is 9.90. The number of rotatable bonds is 17. The van der Waals surface area contributed by atoms with Crippen LogP contribution in [-0.4, -0.2) is 56.7 Å². The van der Waals surface area contributed by atoms with Gasteiger partial charge in [-0.2, -0.15) is 0 Å². The van der Waals surface area contributed by atoms with Gasteiger partial charge in [-0.05, 0) is 44.0 Å². The van der Waals surface area contributed by atoms with E-state index in [1.54, 1.807) is 33.8 Å². The summed E-state index contributed by atoms with van der Waals surface area (Å²) >= 11 is 0. The van der Waals surface area contributed by atoms with Gasteiger partial charge in [0, 0.05) is 17.0 Å². The summed E-state index contributed by atoms with van der Waals surface area (Å²) in [5.41, 5.74) is 2.46. The number of esters is 1. The predicted molar refractivity (Wildman–Crippen MR) is 187 cm³/mol. The Morgan fingerprint density at radius 2 is 1.09 bits per heavy atom. The summed E-state index contributed by atoms with van der Waals surface area (Å²) in [7, 11) is -7.49. The first-order valence-electron chi connectivity index (χ1n) is 15.8. The lowest BCUT2D eigenvalue weighted by Gasteiger charge is -2.38. The van der Waals surface area contributed by atoms with Crippen molar-refractivity contribution in [2.45, 2.75) is 45.1 Å². The first-order chi connectivity index (χ1) is 22.7. The fraction of sp³-hybridized carbons (Fsp3) is 0.333. The van der Waals surface area contributed by atoms with Crippen LogP contribution in [0.25, 0.3) is 10.8 Å². The topological polar surface area (TPSA) is 110 Å². The highest BCUT2D eigenvalue weighted by Crippen LogP contribution is 2.74. The van der Waals surface area contributed by atoms with Gasteiger partial charge in [0.25, 0.3) is 0 Å². The third-order valence-electron chi connectivity index (χ3n) is 7.51. The summed E-state index contributed by atoms with van der Waals surface area (Å²) in [5.74, 6) is -1.96. The molecule has 0 N–H and O–H groups in total. The van der Waals surface area contributed by atoms with Crippen molar-refractivity contribution in [3.05, 3.63) is 120 Å². The number of carbonyl (C=O) groups is 1. The van der Waals surface area contributed by atoms with E-state index in [1.807, 2.05) is 97.1 Å². The van der Waals surface area contributed by atoms with Crippen LogP contribution >= 0.6 is 15.2 Å². The molecular formula is C36H43NO8P2. The van der Waals surface area contributed by atoms with Crippen LogP contribution in [0.2, 0.25) is 0 Å². The molecule has 0 bridgehead atoms. The van der Waals surface area contributed by atoms with E-state index in [9.17, 15) is 4.79 Å². The number of benzene rings is 4. The molecule has 0 saturated heterocycles. The Bertz CT molecular complexity index is 1640. The highest BCUT2D eigenvalue weighted by atomic mass is 31.2. The van der Waals surface area contributed by atoms with Crippen LogP contribution in [0.5, 0.6) is 0 Å². The molecule has 4 aromatic rings. The second-order valence-corrected chi connectivity index (χ2v) is 15.2. The number of methoxy groups -OCH3 is 1. The molecule has 4 rings (SSSR count). The molecule has 0 aliphatic rings. The van der Waals surface area contributed by atoms with Gasteiger partial charge in [-0.15, -0.1) is 0 Å². The zero-order valence-electron chi connectivity index (χ0n) is 27.5. The number of aliphatic imine (C=N–C) groups is 1. The lowest BCUT2D eigenvalue weighted by molar-refractivity contribution is -0.142. The van der Waals surface area contributed by atoms with E-state index in [2.05, 4.69) is 0 Å². The lowest BCUT2D eigenvalue weighted by Crippen LogP contribution is -2.38. The minimum absolute atomic E-state index is 0.0259. The molecule has 9 nitrogen and oxygen atoms in total. The van der Waals surface area contributed by atoms with Crippen LogP contribution in [0, 0.1) is 0 Å². The van der Waals surface area contributed by atoms with Gasteiger partial charge in [0.2, 0.25) is 0 Å². The zero-order valence-corrected chi connectivity index (χ0v) is 29.3. The Balaban J connectivity index is 2.15. The smallest absolute Gasteiger partial charge is 0.346 e. The molecule has 0 aromatic heterocycles. The van der Waals surface area contributed by atoms with Crippen molar-refractivity contribution in [2.75, 3.05) is 33.5 Å². The van der Waals surface area contributed by atoms with E-state index >= 15 is 9.13 Å². The maximum Gasteiger partial charge on any atom is 0.346 e. The fourth-order valence-corrected chi connectivity index (χ4v) is 11.5. The number of fused-ring (bicyclic) bond motifs is 1. The van der Waals surface area contributed by atoms with Gasteiger partial charge in [0.05, 0.1) is 39.2 Å². The summed E-state index contributed by atoms with van der Waals surface area (Å²) in [6.45, 7) is 6.56. The first kappa shape index (κ1) is 36.4. The summed E-state index contributed by atoms with van der Waals surface area (Å²) < 4.78 is 59.1. The zero-order chi connectivity index (χ0) is 33.9. The summed E-state index contributed by atoms with van der Waals surface area (Å²) in [6, 6.07) is 30.7. The molecule has 4 aromatic carbocycles. The Morgan fingerprint density at radius 1 is 0.638 bits per heavy atom. The van der Waals surface area contributed by atoms with Gasteiger partial charge in [-0.25, -0.2) is 4.79 Å². The highest BCUT2D eigenvalue weighted by Gasteiger charge is 2.58. The second kappa shape index (κ2) is 17.1. The summed E-state index contributed by atoms with van der Waals surface area (Å²) in [5, 5.41) is 0.184. The molecule has 0 fully saturated rings. The van der Waals surface area contributed by atoms with Crippen LogP contribution in [0.3, 0.4) is 0 Å². The molecule has 0 unspecified atom stereocenters. The van der Waals surface area contributed by atoms with Crippen molar-refractivity contribution in [1.82, 2.24) is 0 Å². The van der Waals surface area contributed by atoms with Gasteiger partial charge >= 0.3 is 21.2 Å². The molecule has 0 aliphatic carbocycles. The fourth-order valence-electron chi connectivity index (χ4n) is 5.65. The molecule has 11 heteroatoms. The van der Waals surface area contributed by atoms with Crippen LogP contribution in [0.4, 0.5) is 0 Å². The third kappa shape index (κ3) is 8.55. The number of hydrogen-bond donors (Lipinski definition) is 0. The number of ether oxygens (including phenoxy) is 1. The maximum absolute atomic E-state index is 15.1. The van der Waals surface area contributed by atoms with E-state index in [0.29, 0.717) is 11.3 Å². The van der Waals surface area contributed by atoms with Crippen molar-refractivity contribution in [3.63, 3.8) is 0 Å². The maximum atomic E-state index is 15.1. The van der Waals surface area contributed by atoms with Crippen LogP contribution in [0.1, 0.15) is 50.3 Å². The third-order valence-corrected chi connectivity index (χ3v) is 13.6. The van der Waals surface area contributed by atoms with Crippen LogP contribution in [-0.2, 0) is 36.8 Å². The SMILES string of the molecule is CCOP(=O)(OCC)C([C@H](c1ccc2ccccc2c1)[C@H](N=C(c1ccccc1)c1ccccc1)C(=O)OC)P(=O)(OCC)OCC. The van der Waals surface area contributed by atoms with Crippen molar-refractivity contribution in [3.8, 4) is 0 Å². The number of nitrogens with zero attached hydrogens (tertiary/aromatic N) is 1. The minimum atomic E-state index is -4.37. The monoisotopic (exact) mass is 679 g/mol. The van der Waals surface area contributed by atoms with E-state index < -0.39 is 38.5 Å². The van der Waals surface area contributed by atoms with E-state index in [-0.39, 0.29) is 26.4 Å². The molecule has 0 radical (unpaired) electrons.